The standard InChI is InChI=1S/C10H8FN3O/c11-8-6-7(2-3-9(8)12)15-10-13-4-1-5-14-10/h1-6H,12H2. The van der Waals surface area contributed by atoms with E-state index >= 15 is 0 Å². The van der Waals surface area contributed by atoms with Crippen LogP contribution in [-0.2, 0) is 0 Å². The third-order valence-electron chi connectivity index (χ3n) is 1.72. The molecule has 0 aliphatic rings. The second kappa shape index (κ2) is 3.91. The zero-order chi connectivity index (χ0) is 10.7. The maximum absolute atomic E-state index is 13.0. The number of ether oxygens (including phenoxy) is 1. The van der Waals surface area contributed by atoms with Crippen molar-refractivity contribution in [2.24, 2.45) is 0 Å². The monoisotopic (exact) mass is 205 g/mol. The maximum Gasteiger partial charge on any atom is 0.321 e. The van der Waals surface area contributed by atoms with Gasteiger partial charge in [0.15, 0.2) is 0 Å². The molecule has 0 spiro atoms. The molecule has 1 heterocycles. The summed E-state index contributed by atoms with van der Waals surface area (Å²) >= 11 is 0. The first-order valence-electron chi connectivity index (χ1n) is 4.25. The van der Waals surface area contributed by atoms with Gasteiger partial charge in [-0.25, -0.2) is 14.4 Å². The number of benzene rings is 1. The Morgan fingerprint density at radius 1 is 1.20 bits per heavy atom. The van der Waals surface area contributed by atoms with Gasteiger partial charge in [0.05, 0.1) is 5.69 Å². The Bertz CT molecular complexity index is 461. The number of rotatable bonds is 2. The van der Waals surface area contributed by atoms with Crippen molar-refractivity contribution in [2.45, 2.75) is 0 Å². The summed E-state index contributed by atoms with van der Waals surface area (Å²) in [5.74, 6) is -0.212. The summed E-state index contributed by atoms with van der Waals surface area (Å²) in [6.07, 6.45) is 3.08. The van der Waals surface area contributed by atoms with Gasteiger partial charge < -0.3 is 10.5 Å². The van der Waals surface area contributed by atoms with Crippen molar-refractivity contribution in [2.75, 3.05) is 5.73 Å². The average Bonchev–Trinajstić information content (AvgIpc) is 2.25. The molecule has 0 saturated heterocycles. The van der Waals surface area contributed by atoms with Gasteiger partial charge >= 0.3 is 6.01 Å². The number of hydrogen-bond donors (Lipinski definition) is 1. The lowest BCUT2D eigenvalue weighted by molar-refractivity contribution is 0.438. The highest BCUT2D eigenvalue weighted by molar-refractivity contribution is 5.43. The number of anilines is 1. The predicted octanol–water partition coefficient (Wildman–Crippen LogP) is 1.99. The Morgan fingerprint density at radius 2 is 1.93 bits per heavy atom. The number of halogens is 1. The van der Waals surface area contributed by atoms with Gasteiger partial charge in [0.25, 0.3) is 0 Å². The average molecular weight is 205 g/mol. The topological polar surface area (TPSA) is 61.0 Å². The second-order valence-corrected chi connectivity index (χ2v) is 2.82. The lowest BCUT2D eigenvalue weighted by Gasteiger charge is -2.03. The molecule has 4 nitrogen and oxygen atoms in total. The first-order chi connectivity index (χ1) is 7.25. The predicted molar refractivity (Wildman–Crippen MR) is 52.9 cm³/mol. The number of nitrogens with zero attached hydrogens (tertiary/aromatic N) is 2. The van der Waals surface area contributed by atoms with E-state index in [0.717, 1.165) is 0 Å². The van der Waals surface area contributed by atoms with E-state index in [1.54, 1.807) is 12.1 Å². The van der Waals surface area contributed by atoms with E-state index in [2.05, 4.69) is 9.97 Å². The van der Waals surface area contributed by atoms with Crippen LogP contribution in [0.1, 0.15) is 0 Å². The van der Waals surface area contributed by atoms with Gasteiger partial charge in [-0.3, -0.25) is 0 Å². The first kappa shape index (κ1) is 9.39. The molecular formula is C10H8FN3O. The van der Waals surface area contributed by atoms with E-state index in [1.807, 2.05) is 0 Å². The van der Waals surface area contributed by atoms with Crippen LogP contribution in [0.25, 0.3) is 0 Å². The van der Waals surface area contributed by atoms with Crippen LogP contribution in [0.15, 0.2) is 36.7 Å². The Morgan fingerprint density at radius 3 is 2.60 bits per heavy atom. The van der Waals surface area contributed by atoms with Crippen molar-refractivity contribution in [3.63, 3.8) is 0 Å². The van der Waals surface area contributed by atoms with E-state index in [9.17, 15) is 4.39 Å². The minimum atomic E-state index is -0.525. The normalized spacial score (nSPS) is 9.93. The summed E-state index contributed by atoms with van der Waals surface area (Å²) in [5.41, 5.74) is 5.40. The molecule has 0 fully saturated rings. The molecule has 15 heavy (non-hydrogen) atoms. The quantitative estimate of drug-likeness (QED) is 0.761. The third-order valence-corrected chi connectivity index (χ3v) is 1.72. The Balaban J connectivity index is 2.22. The van der Waals surface area contributed by atoms with Crippen LogP contribution in [0, 0.1) is 5.82 Å². The fraction of sp³-hybridized carbons (Fsp3) is 0. The van der Waals surface area contributed by atoms with Crippen LogP contribution < -0.4 is 10.5 Å². The van der Waals surface area contributed by atoms with Gasteiger partial charge in [-0.05, 0) is 18.2 Å². The summed E-state index contributed by atoms with van der Waals surface area (Å²) in [7, 11) is 0. The number of nitrogens with two attached hydrogens (primary N) is 1. The molecule has 0 atom stereocenters. The molecule has 0 amide bonds. The fourth-order valence-corrected chi connectivity index (χ4v) is 1.01. The molecule has 2 rings (SSSR count). The molecule has 5 heteroatoms. The van der Waals surface area contributed by atoms with E-state index in [4.69, 9.17) is 10.5 Å². The van der Waals surface area contributed by atoms with Crippen molar-refractivity contribution in [1.82, 2.24) is 9.97 Å². The Kier molecular flexibility index (Phi) is 2.45. The van der Waals surface area contributed by atoms with E-state index in [0.29, 0.717) is 5.75 Å². The van der Waals surface area contributed by atoms with Gasteiger partial charge in [-0.15, -0.1) is 0 Å². The number of nitrogen functional groups attached to an aromatic ring is 1. The maximum atomic E-state index is 13.0. The molecule has 2 aromatic rings. The van der Waals surface area contributed by atoms with Crippen LogP contribution in [0.3, 0.4) is 0 Å². The Labute approximate surface area is 85.5 Å². The Hall–Kier alpha value is -2.17. The zero-order valence-corrected chi connectivity index (χ0v) is 7.72. The van der Waals surface area contributed by atoms with Gasteiger partial charge in [0, 0.05) is 18.5 Å². The molecule has 0 aliphatic carbocycles. The fourth-order valence-electron chi connectivity index (χ4n) is 1.01. The molecule has 2 N–H and O–H groups in total. The highest BCUT2D eigenvalue weighted by Gasteiger charge is 2.02. The SMILES string of the molecule is Nc1ccc(Oc2ncccn2)cc1F. The van der Waals surface area contributed by atoms with Crippen LogP contribution in [-0.4, -0.2) is 9.97 Å². The molecule has 1 aromatic heterocycles. The summed E-state index contributed by atoms with van der Waals surface area (Å²) in [6.45, 7) is 0. The number of hydrogen-bond acceptors (Lipinski definition) is 4. The van der Waals surface area contributed by atoms with Crippen molar-refractivity contribution >= 4 is 5.69 Å². The summed E-state index contributed by atoms with van der Waals surface area (Å²) in [6, 6.07) is 5.99. The van der Waals surface area contributed by atoms with E-state index in [1.165, 1.54) is 24.5 Å². The van der Waals surface area contributed by atoms with Gasteiger partial charge in [0.2, 0.25) is 0 Å². The molecule has 0 radical (unpaired) electrons. The minimum Gasteiger partial charge on any atom is -0.424 e. The van der Waals surface area contributed by atoms with Gasteiger partial charge in [-0.1, -0.05) is 0 Å². The van der Waals surface area contributed by atoms with Crippen molar-refractivity contribution in [3.8, 4) is 11.8 Å². The zero-order valence-electron chi connectivity index (χ0n) is 7.72. The van der Waals surface area contributed by atoms with Crippen LogP contribution >= 0.6 is 0 Å². The second-order valence-electron chi connectivity index (χ2n) is 2.82. The molecule has 76 valence electrons. The van der Waals surface area contributed by atoms with Crippen molar-refractivity contribution < 1.29 is 9.13 Å². The van der Waals surface area contributed by atoms with E-state index < -0.39 is 5.82 Å². The largest absolute Gasteiger partial charge is 0.424 e. The molecule has 0 unspecified atom stereocenters. The summed E-state index contributed by atoms with van der Waals surface area (Å²) in [5, 5.41) is 0. The van der Waals surface area contributed by atoms with Crippen LogP contribution in [0.2, 0.25) is 0 Å². The van der Waals surface area contributed by atoms with Gasteiger partial charge in [0.1, 0.15) is 11.6 Å². The molecule has 1 aromatic carbocycles. The minimum absolute atomic E-state index is 0.0799. The highest BCUT2D eigenvalue weighted by atomic mass is 19.1. The molecule has 0 bridgehead atoms. The van der Waals surface area contributed by atoms with Crippen molar-refractivity contribution in [1.29, 1.82) is 0 Å². The van der Waals surface area contributed by atoms with Crippen molar-refractivity contribution in [3.05, 3.63) is 42.5 Å². The molecular weight excluding hydrogens is 197 g/mol. The van der Waals surface area contributed by atoms with Gasteiger partial charge in [-0.2, -0.15) is 0 Å². The lowest BCUT2D eigenvalue weighted by atomic mass is 10.3. The van der Waals surface area contributed by atoms with Crippen LogP contribution in [0.4, 0.5) is 10.1 Å². The summed E-state index contributed by atoms with van der Waals surface area (Å²) < 4.78 is 18.2. The lowest BCUT2D eigenvalue weighted by Crippen LogP contribution is -1.93. The highest BCUT2D eigenvalue weighted by Crippen LogP contribution is 2.21. The molecule has 0 saturated carbocycles. The van der Waals surface area contributed by atoms with E-state index in [-0.39, 0.29) is 11.7 Å². The molecule has 0 aliphatic heterocycles. The smallest absolute Gasteiger partial charge is 0.321 e. The number of aromatic nitrogens is 2. The summed E-state index contributed by atoms with van der Waals surface area (Å²) in [4.78, 5) is 7.68. The van der Waals surface area contributed by atoms with Crippen LogP contribution in [0.5, 0.6) is 11.8 Å². The third kappa shape index (κ3) is 2.19. The first-order valence-corrected chi connectivity index (χ1v) is 4.25.